The predicted molar refractivity (Wildman–Crippen MR) is 118 cm³/mol. The molecule has 6 nitrogen and oxygen atoms in total. The maximum Gasteiger partial charge on any atom is 0.262 e. The maximum absolute atomic E-state index is 12.5. The van der Waals surface area contributed by atoms with Gasteiger partial charge in [-0.3, -0.25) is 4.79 Å². The van der Waals surface area contributed by atoms with Gasteiger partial charge in [0.1, 0.15) is 5.75 Å². The van der Waals surface area contributed by atoms with Gasteiger partial charge in [0.15, 0.2) is 6.61 Å². The summed E-state index contributed by atoms with van der Waals surface area (Å²) in [6.07, 6.45) is 5.55. The molecule has 0 aliphatic heterocycles. The van der Waals surface area contributed by atoms with Crippen LogP contribution in [0.25, 0.3) is 0 Å². The summed E-state index contributed by atoms with van der Waals surface area (Å²) in [5.74, 6) is 0.203. The van der Waals surface area contributed by atoms with Crippen LogP contribution in [0.5, 0.6) is 5.75 Å². The molecule has 162 valence electrons. The zero-order valence-corrected chi connectivity index (χ0v) is 18.4. The Labute approximate surface area is 179 Å². The van der Waals surface area contributed by atoms with Crippen LogP contribution >= 0.6 is 0 Å². The lowest BCUT2D eigenvalue weighted by Crippen LogP contribution is -2.32. The number of benzene rings is 2. The van der Waals surface area contributed by atoms with Crippen LogP contribution in [0, 0.1) is 0 Å². The van der Waals surface area contributed by atoms with Gasteiger partial charge in [0.05, 0.1) is 4.90 Å². The number of hydrogen-bond donors (Lipinski definition) is 2. The van der Waals surface area contributed by atoms with Crippen molar-refractivity contribution in [3.8, 4) is 5.75 Å². The van der Waals surface area contributed by atoms with Crippen molar-refractivity contribution in [3.05, 3.63) is 53.6 Å². The molecule has 1 aliphatic carbocycles. The molecule has 0 bridgehead atoms. The Kier molecular flexibility index (Phi) is 7.50. The highest BCUT2D eigenvalue weighted by Crippen LogP contribution is 2.23. The first-order valence-electron chi connectivity index (χ1n) is 10.6. The Morgan fingerprint density at radius 3 is 2.17 bits per heavy atom. The highest BCUT2D eigenvalue weighted by Gasteiger charge is 2.22. The van der Waals surface area contributed by atoms with E-state index in [0.717, 1.165) is 55.3 Å². The highest BCUT2D eigenvalue weighted by atomic mass is 32.2. The van der Waals surface area contributed by atoms with Crippen molar-refractivity contribution >= 4 is 21.6 Å². The molecule has 2 aromatic rings. The molecule has 1 fully saturated rings. The molecule has 0 aromatic heterocycles. The second-order valence-electron chi connectivity index (χ2n) is 7.57. The first-order valence-corrected chi connectivity index (χ1v) is 12.1. The van der Waals surface area contributed by atoms with E-state index in [1.807, 2.05) is 18.2 Å². The number of sulfonamides is 1. The van der Waals surface area contributed by atoms with Crippen LogP contribution in [0.15, 0.2) is 47.4 Å². The molecule has 1 saturated carbocycles. The molecule has 0 heterocycles. The molecular weight excluding hydrogens is 400 g/mol. The standard InChI is InChI=1S/C23H30N2O4S/c1-3-17-8-7-9-18(4-2)23(17)24-22(26)16-29-20-12-14-21(15-13-20)30(27,28)25-19-10-5-6-11-19/h7-9,12-15,19,25H,3-6,10-11,16H2,1-2H3,(H,24,26). The summed E-state index contributed by atoms with van der Waals surface area (Å²) < 4.78 is 33.3. The summed E-state index contributed by atoms with van der Waals surface area (Å²) in [6.45, 7) is 3.96. The quantitative estimate of drug-likeness (QED) is 0.629. The van der Waals surface area contributed by atoms with Gasteiger partial charge in [0.2, 0.25) is 10.0 Å². The minimum absolute atomic E-state index is 0.0219. The SMILES string of the molecule is CCc1cccc(CC)c1NC(=O)COc1ccc(S(=O)(=O)NC2CCCC2)cc1. The number of rotatable bonds is 9. The van der Waals surface area contributed by atoms with E-state index in [-0.39, 0.29) is 23.5 Å². The molecule has 0 saturated heterocycles. The van der Waals surface area contributed by atoms with Crippen LogP contribution in [0.1, 0.15) is 50.7 Å². The van der Waals surface area contributed by atoms with Crippen molar-refractivity contribution < 1.29 is 17.9 Å². The fourth-order valence-electron chi connectivity index (χ4n) is 3.77. The first-order chi connectivity index (χ1) is 14.4. The van der Waals surface area contributed by atoms with E-state index in [0.29, 0.717) is 5.75 Å². The molecule has 0 unspecified atom stereocenters. The number of hydrogen-bond acceptors (Lipinski definition) is 4. The molecule has 7 heteroatoms. The van der Waals surface area contributed by atoms with Gasteiger partial charge in [-0.25, -0.2) is 13.1 Å². The van der Waals surface area contributed by atoms with Crippen molar-refractivity contribution in [2.24, 2.45) is 0 Å². The van der Waals surface area contributed by atoms with Crippen molar-refractivity contribution in [2.75, 3.05) is 11.9 Å². The van der Waals surface area contributed by atoms with E-state index in [1.165, 1.54) is 12.1 Å². The van der Waals surface area contributed by atoms with Crippen molar-refractivity contribution in [2.45, 2.75) is 63.3 Å². The minimum Gasteiger partial charge on any atom is -0.484 e. The number of para-hydroxylation sites is 1. The number of carbonyl (C=O) groups is 1. The molecule has 0 spiro atoms. The van der Waals surface area contributed by atoms with E-state index in [2.05, 4.69) is 23.9 Å². The molecule has 3 rings (SSSR count). The third-order valence-electron chi connectivity index (χ3n) is 5.44. The number of nitrogens with one attached hydrogen (secondary N) is 2. The van der Waals surface area contributed by atoms with Gasteiger partial charge in [0, 0.05) is 11.7 Å². The lowest BCUT2D eigenvalue weighted by Gasteiger charge is -2.15. The summed E-state index contributed by atoms with van der Waals surface area (Å²) in [5.41, 5.74) is 3.04. The average Bonchev–Trinajstić information content (AvgIpc) is 3.25. The molecule has 2 N–H and O–H groups in total. The zero-order chi connectivity index (χ0) is 21.6. The molecule has 1 amide bonds. The van der Waals surface area contributed by atoms with E-state index in [1.54, 1.807) is 12.1 Å². The highest BCUT2D eigenvalue weighted by molar-refractivity contribution is 7.89. The molecule has 2 aromatic carbocycles. The normalized spacial score (nSPS) is 14.6. The third kappa shape index (κ3) is 5.61. The number of aryl methyl sites for hydroxylation is 2. The Morgan fingerprint density at radius 1 is 1.00 bits per heavy atom. The summed E-state index contributed by atoms with van der Waals surface area (Å²) in [5, 5.41) is 2.96. The fraction of sp³-hybridized carbons (Fsp3) is 0.435. The number of carbonyl (C=O) groups excluding carboxylic acids is 1. The molecule has 0 atom stereocenters. The number of anilines is 1. The molecule has 0 radical (unpaired) electrons. The smallest absolute Gasteiger partial charge is 0.262 e. The Balaban J connectivity index is 1.58. The van der Waals surface area contributed by atoms with Gasteiger partial charge in [-0.1, -0.05) is 44.9 Å². The van der Waals surface area contributed by atoms with Crippen LogP contribution in [-0.4, -0.2) is 27.0 Å². The van der Waals surface area contributed by atoms with Gasteiger partial charge in [-0.15, -0.1) is 0 Å². The van der Waals surface area contributed by atoms with E-state index < -0.39 is 10.0 Å². The van der Waals surface area contributed by atoms with Crippen molar-refractivity contribution in [1.82, 2.24) is 4.72 Å². The second kappa shape index (κ2) is 10.1. The monoisotopic (exact) mass is 430 g/mol. The molecular formula is C23H30N2O4S. The van der Waals surface area contributed by atoms with Crippen LogP contribution in [0.4, 0.5) is 5.69 Å². The molecule has 1 aliphatic rings. The Morgan fingerprint density at radius 2 is 1.60 bits per heavy atom. The second-order valence-corrected chi connectivity index (χ2v) is 9.28. The summed E-state index contributed by atoms with van der Waals surface area (Å²) in [6, 6.07) is 12.2. The average molecular weight is 431 g/mol. The molecule has 30 heavy (non-hydrogen) atoms. The van der Waals surface area contributed by atoms with Crippen molar-refractivity contribution in [1.29, 1.82) is 0 Å². The summed E-state index contributed by atoms with van der Waals surface area (Å²) in [4.78, 5) is 12.6. The van der Waals surface area contributed by atoms with E-state index in [4.69, 9.17) is 4.74 Å². The topological polar surface area (TPSA) is 84.5 Å². The van der Waals surface area contributed by atoms with Gasteiger partial charge in [-0.2, -0.15) is 0 Å². The Bertz CT molecular complexity index is 943. The van der Waals surface area contributed by atoms with Gasteiger partial charge in [0.25, 0.3) is 5.91 Å². The van der Waals surface area contributed by atoms with Crippen LogP contribution in [0.3, 0.4) is 0 Å². The Hall–Kier alpha value is -2.38. The van der Waals surface area contributed by atoms with E-state index in [9.17, 15) is 13.2 Å². The van der Waals surface area contributed by atoms with Gasteiger partial charge < -0.3 is 10.1 Å². The van der Waals surface area contributed by atoms with Gasteiger partial charge >= 0.3 is 0 Å². The van der Waals surface area contributed by atoms with Crippen LogP contribution < -0.4 is 14.8 Å². The van der Waals surface area contributed by atoms with Crippen molar-refractivity contribution in [3.63, 3.8) is 0 Å². The lowest BCUT2D eigenvalue weighted by atomic mass is 10.0. The minimum atomic E-state index is -3.53. The third-order valence-corrected chi connectivity index (χ3v) is 6.98. The zero-order valence-electron chi connectivity index (χ0n) is 17.6. The predicted octanol–water partition coefficient (Wildman–Crippen LogP) is 4.05. The lowest BCUT2D eigenvalue weighted by molar-refractivity contribution is -0.118. The van der Waals surface area contributed by atoms with E-state index >= 15 is 0 Å². The fourth-order valence-corrected chi connectivity index (χ4v) is 5.08. The first kappa shape index (κ1) is 22.3. The summed E-state index contributed by atoms with van der Waals surface area (Å²) in [7, 11) is -3.53. The van der Waals surface area contributed by atoms with Gasteiger partial charge in [-0.05, 0) is 61.1 Å². The number of ether oxygens (including phenoxy) is 1. The largest absolute Gasteiger partial charge is 0.484 e. The van der Waals surface area contributed by atoms with Crippen LogP contribution in [-0.2, 0) is 27.7 Å². The maximum atomic E-state index is 12.5. The van der Waals surface area contributed by atoms with Crippen LogP contribution in [0.2, 0.25) is 0 Å². The number of amides is 1. The summed E-state index contributed by atoms with van der Waals surface area (Å²) >= 11 is 0.